The number of anilines is 1. The Balaban J connectivity index is 0.000000651. The summed E-state index contributed by atoms with van der Waals surface area (Å²) in [5.41, 5.74) is 9.70. The molecule has 192 valence electrons. The average molecular weight is 504 g/mol. The number of likely N-dealkylation sites (N-methyl/N-ethyl adjacent to an activating group) is 1. The maximum atomic E-state index is 12.4. The number of hydrogen-bond donors (Lipinski definition) is 4. The minimum atomic E-state index is -0.231. The highest BCUT2D eigenvalue weighted by atomic mass is 32.2. The maximum absolute atomic E-state index is 12.4. The number of benzene rings is 2. The van der Waals surface area contributed by atoms with Crippen molar-refractivity contribution in [2.24, 2.45) is 0 Å². The number of rotatable bonds is 5. The summed E-state index contributed by atoms with van der Waals surface area (Å²) in [6, 6.07) is 14.8. The molecule has 1 aliphatic heterocycles. The number of hydrogen-bond acceptors (Lipinski definition) is 7. The zero-order valence-electron chi connectivity index (χ0n) is 20.2. The second kappa shape index (κ2) is 13.1. The van der Waals surface area contributed by atoms with Gasteiger partial charge in [-0.25, -0.2) is 4.98 Å². The van der Waals surface area contributed by atoms with Crippen LogP contribution in [0.3, 0.4) is 0 Å². The van der Waals surface area contributed by atoms with E-state index in [0.717, 1.165) is 36.2 Å². The quantitative estimate of drug-likeness (QED) is 0.389. The number of carbonyl (C=O) groups excluding carboxylic acids is 1. The van der Waals surface area contributed by atoms with Crippen molar-refractivity contribution in [1.29, 1.82) is 0 Å². The molecule has 1 amide bonds. The molecule has 35 heavy (non-hydrogen) atoms. The fourth-order valence-corrected chi connectivity index (χ4v) is 4.47. The Hall–Kier alpha value is -3.18. The number of nitrogens with one attached hydrogen (secondary N) is 2. The van der Waals surface area contributed by atoms with Gasteiger partial charge in [0.25, 0.3) is 11.5 Å². The van der Waals surface area contributed by atoms with Gasteiger partial charge in [-0.3, -0.25) is 14.6 Å². The van der Waals surface area contributed by atoms with E-state index in [1.807, 2.05) is 43.9 Å². The molecule has 1 fully saturated rings. The molecule has 10 heteroatoms. The molecule has 9 nitrogen and oxygen atoms in total. The second-order valence-corrected chi connectivity index (χ2v) is 8.79. The third-order valence-corrected chi connectivity index (χ3v) is 6.23. The van der Waals surface area contributed by atoms with E-state index in [-0.39, 0.29) is 31.8 Å². The Morgan fingerprint density at radius 2 is 1.91 bits per heavy atom. The van der Waals surface area contributed by atoms with Crippen molar-refractivity contribution >= 4 is 23.9 Å². The van der Waals surface area contributed by atoms with Crippen molar-refractivity contribution < 1.29 is 17.7 Å². The van der Waals surface area contributed by atoms with Gasteiger partial charge in [-0.1, -0.05) is 24.3 Å². The third kappa shape index (κ3) is 7.15. The van der Waals surface area contributed by atoms with Crippen LogP contribution in [0.5, 0.6) is 0 Å². The number of nitrogen functional groups attached to an aromatic ring is 1. The predicted molar refractivity (Wildman–Crippen MR) is 145 cm³/mol. The molecule has 0 spiro atoms. The lowest BCUT2D eigenvalue weighted by Crippen LogP contribution is -2.41. The van der Waals surface area contributed by atoms with Crippen LogP contribution in [0.15, 0.2) is 58.2 Å². The molecule has 4 rings (SSSR count). The first kappa shape index (κ1) is 28.1. The number of nitrogens with zero attached hydrogens (tertiary/aromatic N) is 2. The zero-order chi connectivity index (χ0) is 24.7. The van der Waals surface area contributed by atoms with Crippen molar-refractivity contribution in [1.82, 2.24) is 20.2 Å². The lowest BCUT2D eigenvalue weighted by molar-refractivity contribution is 0.0703. The molecular formula is C25H37N5O4S. The smallest absolute Gasteiger partial charge is 0.254 e. The summed E-state index contributed by atoms with van der Waals surface area (Å²) >= 11 is 0.669. The molecule has 0 aliphatic carbocycles. The Kier molecular flexibility index (Phi) is 10.5. The summed E-state index contributed by atoms with van der Waals surface area (Å²) in [4.78, 5) is 32.9. The van der Waals surface area contributed by atoms with Gasteiger partial charge in [-0.05, 0) is 63.1 Å². The number of amides is 1. The van der Waals surface area contributed by atoms with E-state index < -0.39 is 0 Å². The van der Waals surface area contributed by atoms with Crippen LogP contribution in [-0.4, -0.2) is 56.5 Å². The van der Waals surface area contributed by atoms with Gasteiger partial charge in [-0.15, -0.1) is 0 Å². The zero-order valence-corrected chi connectivity index (χ0v) is 21.0. The van der Waals surface area contributed by atoms with Crippen LogP contribution in [0, 0.1) is 13.8 Å². The van der Waals surface area contributed by atoms with Gasteiger partial charge < -0.3 is 26.0 Å². The maximum Gasteiger partial charge on any atom is 0.254 e. The summed E-state index contributed by atoms with van der Waals surface area (Å²) in [5.74, 6) is 0.187. The number of aryl methyl sites for hydroxylation is 2. The molecule has 0 unspecified atom stereocenters. The number of carbonyl (C=O) groups is 1. The Morgan fingerprint density at radius 3 is 2.49 bits per heavy atom. The number of aromatic nitrogens is 2. The van der Waals surface area contributed by atoms with Crippen LogP contribution in [0.1, 0.15) is 37.7 Å². The van der Waals surface area contributed by atoms with Gasteiger partial charge in [0.05, 0.1) is 5.69 Å². The van der Waals surface area contributed by atoms with Crippen molar-refractivity contribution in [2.45, 2.75) is 38.1 Å². The Morgan fingerprint density at radius 1 is 1.23 bits per heavy atom. The van der Waals surface area contributed by atoms with Crippen molar-refractivity contribution in [3.8, 4) is 11.3 Å². The molecule has 0 saturated carbocycles. The monoisotopic (exact) mass is 503 g/mol. The molecule has 1 aliphatic rings. The van der Waals surface area contributed by atoms with Gasteiger partial charge in [0.1, 0.15) is 0 Å². The molecule has 1 saturated heterocycles. The molecule has 2 heterocycles. The van der Waals surface area contributed by atoms with Crippen molar-refractivity contribution in [3.05, 3.63) is 75.6 Å². The highest BCUT2D eigenvalue weighted by molar-refractivity contribution is 7.93. The largest absolute Gasteiger partial charge is 0.412 e. The normalized spacial score (nSPS) is 14.5. The van der Waals surface area contributed by atoms with Gasteiger partial charge in [0.2, 0.25) is 5.95 Å². The van der Waals surface area contributed by atoms with E-state index in [1.54, 1.807) is 24.3 Å². The lowest BCUT2D eigenvalue weighted by atomic mass is 10.00. The molecule has 0 radical (unpaired) electrons. The van der Waals surface area contributed by atoms with Crippen LogP contribution in [-0.2, 0) is 0 Å². The number of aromatic amines is 1. The number of H-pyrrole nitrogens is 1. The van der Waals surface area contributed by atoms with Crippen LogP contribution in [0.2, 0.25) is 0 Å². The summed E-state index contributed by atoms with van der Waals surface area (Å²) < 4.78 is 9.03. The topological polar surface area (TPSA) is 156 Å². The SMILES string of the molecule is CCN(C(=O)c1cccc(SO)c1)[C@H]1CCNC1.Cc1cccc(C)c1-c1cc(=O)[nH]c(N)n1.O.[HH].[HH]. The van der Waals surface area contributed by atoms with Crippen LogP contribution in [0.25, 0.3) is 11.3 Å². The summed E-state index contributed by atoms with van der Waals surface area (Å²) in [5, 5.41) is 3.28. The highest BCUT2D eigenvalue weighted by Crippen LogP contribution is 2.24. The molecule has 0 bridgehead atoms. The van der Waals surface area contributed by atoms with Crippen molar-refractivity contribution in [2.75, 3.05) is 25.4 Å². The van der Waals surface area contributed by atoms with E-state index in [9.17, 15) is 9.59 Å². The molecule has 1 atom stereocenters. The van der Waals surface area contributed by atoms with E-state index in [2.05, 4.69) is 15.3 Å². The van der Waals surface area contributed by atoms with Crippen LogP contribution >= 0.6 is 12.0 Å². The van der Waals surface area contributed by atoms with E-state index in [0.29, 0.717) is 34.7 Å². The summed E-state index contributed by atoms with van der Waals surface area (Å²) in [6.07, 6.45) is 1.01. The fraction of sp³-hybridized carbons (Fsp3) is 0.320. The van der Waals surface area contributed by atoms with Crippen LogP contribution < -0.4 is 16.6 Å². The van der Waals surface area contributed by atoms with E-state index in [4.69, 9.17) is 10.3 Å². The molecule has 1 aromatic heterocycles. The van der Waals surface area contributed by atoms with Gasteiger partial charge in [0, 0.05) is 56.1 Å². The van der Waals surface area contributed by atoms with Crippen molar-refractivity contribution in [3.63, 3.8) is 0 Å². The molecule has 2 aromatic carbocycles. The van der Waals surface area contributed by atoms with Crippen LogP contribution in [0.4, 0.5) is 5.95 Å². The first-order valence-corrected chi connectivity index (χ1v) is 12.0. The lowest BCUT2D eigenvalue weighted by Gasteiger charge is -2.27. The molecular weight excluding hydrogens is 466 g/mol. The predicted octanol–water partition coefficient (Wildman–Crippen LogP) is 3.38. The van der Waals surface area contributed by atoms with Gasteiger partial charge in [-0.2, -0.15) is 0 Å². The highest BCUT2D eigenvalue weighted by Gasteiger charge is 2.26. The summed E-state index contributed by atoms with van der Waals surface area (Å²) in [6.45, 7) is 8.53. The molecule has 3 aromatic rings. The fourth-order valence-electron chi connectivity index (χ4n) is 4.15. The van der Waals surface area contributed by atoms with Gasteiger partial charge >= 0.3 is 0 Å². The van der Waals surface area contributed by atoms with E-state index >= 15 is 0 Å². The molecule has 7 N–H and O–H groups in total. The van der Waals surface area contributed by atoms with E-state index in [1.165, 1.54) is 6.07 Å². The third-order valence-electron chi connectivity index (χ3n) is 5.76. The Labute approximate surface area is 212 Å². The standard InChI is InChI=1S/C13H18N2O2S.C12H13N3O.H2O.2H2/c1-2-15(11-6-7-14-9-11)13(16)10-4-3-5-12(8-10)18-17;1-7-4-3-5-8(2)11(7)9-6-10(16)15-12(13)14-9;;;/h3-5,8,11,14,17H,2,6-7,9H2,1H3;3-6H,1-2H3,(H3,13,14,15,16);1H2;2*1H/t11-;;;;/m0..../s1. The first-order chi connectivity index (χ1) is 16.3. The minimum Gasteiger partial charge on any atom is -0.412 e. The van der Waals surface area contributed by atoms with Gasteiger partial charge in [0.15, 0.2) is 0 Å². The second-order valence-electron chi connectivity index (χ2n) is 8.14. The Bertz CT molecular complexity index is 1190. The minimum absolute atomic E-state index is 0. The first-order valence-electron chi connectivity index (χ1n) is 11.2. The number of nitrogens with two attached hydrogens (primary N) is 1. The average Bonchev–Trinajstić information content (AvgIpc) is 3.34. The summed E-state index contributed by atoms with van der Waals surface area (Å²) in [7, 11) is 0.